The van der Waals surface area contributed by atoms with Gasteiger partial charge in [0.15, 0.2) is 0 Å². The minimum atomic E-state index is -3.60. The summed E-state index contributed by atoms with van der Waals surface area (Å²) in [5.41, 5.74) is 6.26. The lowest BCUT2D eigenvalue weighted by molar-refractivity contribution is 0.0356. The topological polar surface area (TPSA) is 61.8 Å². The molecule has 5 aromatic carbocycles. The predicted octanol–water partition coefficient (Wildman–Crippen LogP) is 8.52. The third kappa shape index (κ3) is 9.70. The second-order valence-electron chi connectivity index (χ2n) is 11.7. The molecular weight excluding hydrogens is 767 g/mol. The Morgan fingerprint density at radius 2 is 0.902 bits per heavy atom. The van der Waals surface area contributed by atoms with Crippen LogP contribution in [0.3, 0.4) is 0 Å². The molecule has 0 spiro atoms. The van der Waals surface area contributed by atoms with Gasteiger partial charge in [0.25, 0.3) is 0 Å². The summed E-state index contributed by atoms with van der Waals surface area (Å²) in [6.45, 7) is 5.09. The van der Waals surface area contributed by atoms with E-state index in [9.17, 15) is 8.42 Å². The van der Waals surface area contributed by atoms with E-state index in [1.807, 2.05) is 84.9 Å². The zero-order valence-corrected chi connectivity index (χ0v) is 31.1. The van der Waals surface area contributed by atoms with Crippen LogP contribution < -0.4 is 4.74 Å². The molecule has 1 heterocycles. The lowest BCUT2D eigenvalue weighted by atomic mass is 10.0. The standard InChI is InChI=1S/C44H35IO5S/c1-2-3-26-48-27-28-49-29-30-50-40-22-16-36(17-23-40)9-8-33-4-6-34(7-5-33)10-12-37-18-24-43-41(31-37)42-32-38(19-25-44(42)51(43,46)47)13-11-35-14-20-39(45)21-15-35/h4-7,14-25,31-32H,2-3,26-30H2,1H3. The van der Waals surface area contributed by atoms with Gasteiger partial charge in [-0.25, -0.2) is 8.42 Å². The maximum absolute atomic E-state index is 13.3. The Morgan fingerprint density at radius 1 is 0.510 bits per heavy atom. The molecule has 0 unspecified atom stereocenters. The monoisotopic (exact) mass is 802 g/mol. The number of sulfone groups is 1. The lowest BCUT2D eigenvalue weighted by Crippen LogP contribution is -2.11. The quantitative estimate of drug-likeness (QED) is 0.0791. The molecule has 0 N–H and O–H groups in total. The first-order chi connectivity index (χ1) is 24.9. The lowest BCUT2D eigenvalue weighted by Gasteiger charge is -2.07. The minimum Gasteiger partial charge on any atom is -0.491 e. The van der Waals surface area contributed by atoms with E-state index < -0.39 is 9.84 Å². The van der Waals surface area contributed by atoms with Gasteiger partial charge in [-0.1, -0.05) is 48.9 Å². The van der Waals surface area contributed by atoms with Crippen LogP contribution in [0.15, 0.2) is 119 Å². The van der Waals surface area contributed by atoms with E-state index in [-0.39, 0.29) is 0 Å². The molecule has 0 radical (unpaired) electrons. The van der Waals surface area contributed by atoms with E-state index in [4.69, 9.17) is 14.2 Å². The highest BCUT2D eigenvalue weighted by Crippen LogP contribution is 2.43. The fraction of sp³-hybridized carbons (Fsp3) is 0.182. The number of hydrogen-bond donors (Lipinski definition) is 0. The molecule has 6 rings (SSSR count). The van der Waals surface area contributed by atoms with Crippen molar-refractivity contribution in [1.29, 1.82) is 0 Å². The van der Waals surface area contributed by atoms with Gasteiger partial charge in [0.1, 0.15) is 12.4 Å². The number of rotatable bonds is 10. The summed E-state index contributed by atoms with van der Waals surface area (Å²) in [7, 11) is -3.60. The summed E-state index contributed by atoms with van der Waals surface area (Å²) < 4.78 is 44.5. The van der Waals surface area contributed by atoms with E-state index in [0.29, 0.717) is 47.3 Å². The third-order valence-corrected chi connectivity index (χ3v) is 10.6. The van der Waals surface area contributed by atoms with Crippen LogP contribution in [0, 0.1) is 39.1 Å². The zero-order valence-electron chi connectivity index (χ0n) is 28.2. The molecule has 0 fully saturated rings. The van der Waals surface area contributed by atoms with Gasteiger partial charge in [0, 0.05) is 54.7 Å². The van der Waals surface area contributed by atoms with Gasteiger partial charge in [-0.05, 0) is 138 Å². The number of ether oxygens (including phenoxy) is 3. The van der Waals surface area contributed by atoms with Crippen molar-refractivity contribution in [1.82, 2.24) is 0 Å². The van der Waals surface area contributed by atoms with Crippen LogP contribution in [0.25, 0.3) is 11.1 Å². The maximum atomic E-state index is 13.3. The summed E-state index contributed by atoms with van der Waals surface area (Å²) in [5, 5.41) is 0. The summed E-state index contributed by atoms with van der Waals surface area (Å²) in [5.74, 6) is 19.9. The van der Waals surface area contributed by atoms with Crippen LogP contribution >= 0.6 is 22.6 Å². The number of benzene rings is 5. The molecule has 1 aliphatic heterocycles. The zero-order chi connectivity index (χ0) is 35.5. The fourth-order valence-corrected chi connectivity index (χ4v) is 7.26. The minimum absolute atomic E-state index is 0.292. The SMILES string of the molecule is CCCCOCCOCCOc1ccc(C#Cc2ccc(C#Cc3ccc4c(c3)-c3cc(C#Cc5ccc(I)cc5)ccc3S4(=O)=O)cc2)cc1. The van der Waals surface area contributed by atoms with Crippen LogP contribution in [0.4, 0.5) is 0 Å². The molecule has 0 aromatic heterocycles. The Bertz CT molecular complexity index is 2290. The average molecular weight is 803 g/mol. The Hall–Kier alpha value is -4.82. The van der Waals surface area contributed by atoms with Crippen molar-refractivity contribution < 1.29 is 22.6 Å². The predicted molar refractivity (Wildman–Crippen MR) is 209 cm³/mol. The van der Waals surface area contributed by atoms with Crippen LogP contribution in [0.5, 0.6) is 5.75 Å². The largest absolute Gasteiger partial charge is 0.491 e. The Balaban J connectivity index is 1.06. The van der Waals surface area contributed by atoms with E-state index in [1.54, 1.807) is 24.3 Å². The average Bonchev–Trinajstić information content (AvgIpc) is 3.38. The van der Waals surface area contributed by atoms with Gasteiger partial charge >= 0.3 is 0 Å². The molecule has 0 atom stereocenters. The highest BCUT2D eigenvalue weighted by molar-refractivity contribution is 14.1. The van der Waals surface area contributed by atoms with Crippen LogP contribution in [0.2, 0.25) is 0 Å². The third-order valence-electron chi connectivity index (χ3n) is 7.98. The van der Waals surface area contributed by atoms with E-state index in [0.717, 1.165) is 62.1 Å². The number of hydrogen-bond acceptors (Lipinski definition) is 5. The molecule has 51 heavy (non-hydrogen) atoms. The van der Waals surface area contributed by atoms with Crippen molar-refractivity contribution >= 4 is 32.4 Å². The van der Waals surface area contributed by atoms with Crippen molar-refractivity contribution in [3.63, 3.8) is 0 Å². The second-order valence-corrected chi connectivity index (χ2v) is 14.8. The highest BCUT2D eigenvalue weighted by Gasteiger charge is 2.33. The summed E-state index contributed by atoms with van der Waals surface area (Å²) in [6.07, 6.45) is 2.21. The molecule has 0 bridgehead atoms. The Labute approximate surface area is 314 Å². The first kappa shape index (κ1) is 36.0. The molecular formula is C44H35IO5S. The highest BCUT2D eigenvalue weighted by atomic mass is 127. The molecule has 5 aromatic rings. The van der Waals surface area contributed by atoms with Gasteiger partial charge in [-0.15, -0.1) is 0 Å². The molecule has 254 valence electrons. The number of halogens is 1. The van der Waals surface area contributed by atoms with Crippen molar-refractivity contribution in [3.05, 3.63) is 146 Å². The van der Waals surface area contributed by atoms with Crippen LogP contribution in [0.1, 0.15) is 53.1 Å². The number of unbranched alkanes of at least 4 members (excludes halogenated alkanes) is 1. The van der Waals surface area contributed by atoms with Crippen molar-refractivity contribution in [2.45, 2.75) is 29.6 Å². The molecule has 7 heteroatoms. The van der Waals surface area contributed by atoms with E-state index >= 15 is 0 Å². The van der Waals surface area contributed by atoms with Crippen molar-refractivity contribution in [3.8, 4) is 52.4 Å². The Kier molecular flexibility index (Phi) is 12.3. The Morgan fingerprint density at radius 3 is 1.39 bits per heavy atom. The smallest absolute Gasteiger partial charge is 0.207 e. The fourth-order valence-electron chi connectivity index (χ4n) is 5.25. The van der Waals surface area contributed by atoms with Gasteiger partial charge in [0.2, 0.25) is 9.84 Å². The van der Waals surface area contributed by atoms with Crippen LogP contribution in [-0.2, 0) is 19.3 Å². The summed E-state index contributed by atoms with van der Waals surface area (Å²) in [4.78, 5) is 0.587. The van der Waals surface area contributed by atoms with Crippen LogP contribution in [-0.4, -0.2) is 41.5 Å². The van der Waals surface area contributed by atoms with Crippen molar-refractivity contribution in [2.24, 2.45) is 0 Å². The maximum Gasteiger partial charge on any atom is 0.207 e. The van der Waals surface area contributed by atoms with E-state index in [1.165, 1.54) is 0 Å². The normalized spacial score (nSPS) is 11.9. The molecule has 0 saturated carbocycles. The first-order valence-corrected chi connectivity index (χ1v) is 19.3. The molecule has 5 nitrogen and oxygen atoms in total. The molecule has 1 aliphatic rings. The number of fused-ring (bicyclic) bond motifs is 3. The van der Waals surface area contributed by atoms with Gasteiger partial charge in [0.05, 0.1) is 29.6 Å². The van der Waals surface area contributed by atoms with Gasteiger partial charge in [-0.2, -0.15) is 0 Å². The summed E-state index contributed by atoms with van der Waals surface area (Å²) in [6, 6.07) is 33.9. The van der Waals surface area contributed by atoms with Gasteiger partial charge < -0.3 is 14.2 Å². The van der Waals surface area contributed by atoms with Gasteiger partial charge in [-0.3, -0.25) is 0 Å². The second kappa shape index (κ2) is 17.4. The molecule has 0 saturated heterocycles. The molecule has 0 aliphatic carbocycles. The van der Waals surface area contributed by atoms with Crippen molar-refractivity contribution in [2.75, 3.05) is 33.0 Å². The van der Waals surface area contributed by atoms with E-state index in [2.05, 4.69) is 65.0 Å². The first-order valence-electron chi connectivity index (χ1n) is 16.7. The molecule has 0 amide bonds. The summed E-state index contributed by atoms with van der Waals surface area (Å²) >= 11 is 2.26.